The van der Waals surface area contributed by atoms with E-state index in [1.54, 1.807) is 0 Å². The van der Waals surface area contributed by atoms with E-state index in [-0.39, 0.29) is 0 Å². The Bertz CT molecular complexity index is 2400. The summed E-state index contributed by atoms with van der Waals surface area (Å²) in [6, 6.07) is 66.6. The van der Waals surface area contributed by atoms with Gasteiger partial charge in [-0.25, -0.2) is 0 Å². The first-order chi connectivity index (χ1) is 24.3. The van der Waals surface area contributed by atoms with Gasteiger partial charge in [0.05, 0.1) is 0 Å². The molecule has 0 amide bonds. The molecule has 1 heteroatoms. The van der Waals surface area contributed by atoms with Crippen molar-refractivity contribution in [3.05, 3.63) is 182 Å². The summed E-state index contributed by atoms with van der Waals surface area (Å²) in [5, 5.41) is 3.82. The highest BCUT2D eigenvalue weighted by Crippen LogP contribution is 2.50. The second kappa shape index (κ2) is 11.1. The Hall–Kier alpha value is -6.44. The Kier molecular flexibility index (Phi) is 6.25. The number of nitrogens with one attached hydrogen (secondary N) is 1. The van der Waals surface area contributed by atoms with Gasteiger partial charge < -0.3 is 5.32 Å². The minimum atomic E-state index is 1.06. The fourth-order valence-electron chi connectivity index (χ4n) is 8.04. The Balaban J connectivity index is 1.14. The normalized spacial score (nSPS) is 11.7. The van der Waals surface area contributed by atoms with E-state index in [9.17, 15) is 0 Å². The third-order valence-electron chi connectivity index (χ3n) is 10.2. The highest BCUT2D eigenvalue weighted by molar-refractivity contribution is 6.05. The van der Waals surface area contributed by atoms with Crippen molar-refractivity contribution in [2.24, 2.45) is 0 Å². The zero-order valence-electron chi connectivity index (χ0n) is 26.8. The smallest absolute Gasteiger partial charge is 0.0390 e. The predicted octanol–water partition coefficient (Wildman–Crippen LogP) is 13.4. The van der Waals surface area contributed by atoms with Gasteiger partial charge in [-0.3, -0.25) is 0 Å². The number of benzene rings is 8. The van der Waals surface area contributed by atoms with E-state index in [0.717, 1.165) is 11.4 Å². The van der Waals surface area contributed by atoms with E-state index in [1.807, 2.05) is 0 Å². The lowest BCUT2D eigenvalue weighted by Crippen LogP contribution is -1.99. The Labute approximate surface area is 286 Å². The van der Waals surface area contributed by atoms with Crippen molar-refractivity contribution in [2.75, 3.05) is 5.32 Å². The topological polar surface area (TPSA) is 12.0 Å². The van der Waals surface area contributed by atoms with E-state index in [0.29, 0.717) is 0 Å². The quantitative estimate of drug-likeness (QED) is 0.202. The van der Waals surface area contributed by atoms with E-state index >= 15 is 0 Å². The van der Waals surface area contributed by atoms with Gasteiger partial charge in [-0.15, -0.1) is 0 Å². The lowest BCUT2D eigenvalue weighted by Gasteiger charge is -2.24. The van der Waals surface area contributed by atoms with Crippen LogP contribution in [0.1, 0.15) is 0 Å². The second-order valence-electron chi connectivity index (χ2n) is 12.9. The minimum absolute atomic E-state index is 1.06. The molecule has 1 nitrogen and oxygen atoms in total. The number of rotatable bonds is 2. The SMILES string of the molecule is c1ccc2c(c1)-c1ccccc1-c1ccc(Nc3ccc4c(c3)-c3ccccc3-c3ccccc3-c3ccccc3-4)cc1-c1ccccc1-2. The van der Waals surface area contributed by atoms with Gasteiger partial charge in [-0.2, -0.15) is 0 Å². The van der Waals surface area contributed by atoms with Gasteiger partial charge in [-0.1, -0.05) is 158 Å². The standard InChI is InChI=1S/C48H31N/c1-3-15-35-33(13-1)37-17-5-7-21-41(37)45-27-25-31(29-47(45)43-23-11-9-19-39(35)43)49-32-26-28-46-42-22-8-6-18-38(42)34-14-2-4-16-36(34)40-20-10-12-24-44(40)48(46)30-32/h1-30,49H. The number of fused-ring (bicyclic) bond motifs is 16. The summed E-state index contributed by atoms with van der Waals surface area (Å²) in [6.45, 7) is 0. The van der Waals surface area contributed by atoms with Gasteiger partial charge in [0.2, 0.25) is 0 Å². The molecule has 8 aromatic carbocycles. The fourth-order valence-corrected chi connectivity index (χ4v) is 8.04. The summed E-state index contributed by atoms with van der Waals surface area (Å²) in [4.78, 5) is 0. The summed E-state index contributed by atoms with van der Waals surface area (Å²) in [7, 11) is 0. The van der Waals surface area contributed by atoms with Crippen LogP contribution in [0.4, 0.5) is 11.4 Å². The molecule has 228 valence electrons. The van der Waals surface area contributed by atoms with Crippen LogP contribution in [0.2, 0.25) is 0 Å². The zero-order valence-corrected chi connectivity index (χ0v) is 26.8. The third kappa shape index (κ3) is 4.40. The van der Waals surface area contributed by atoms with Crippen LogP contribution in [-0.4, -0.2) is 0 Å². The highest BCUT2D eigenvalue weighted by atomic mass is 14.9. The van der Waals surface area contributed by atoms with Crippen LogP contribution >= 0.6 is 0 Å². The average Bonchev–Trinajstić information content (AvgIpc) is 3.17. The molecule has 0 spiro atoms. The maximum absolute atomic E-state index is 3.82. The predicted molar refractivity (Wildman–Crippen MR) is 207 cm³/mol. The molecular formula is C48H31N. The molecule has 0 aromatic heterocycles. The van der Waals surface area contributed by atoms with E-state index in [4.69, 9.17) is 0 Å². The van der Waals surface area contributed by atoms with Crippen molar-refractivity contribution in [2.45, 2.75) is 0 Å². The van der Waals surface area contributed by atoms with Crippen LogP contribution in [0.5, 0.6) is 0 Å². The molecule has 0 bridgehead atoms. The molecule has 0 fully saturated rings. The van der Waals surface area contributed by atoms with Gasteiger partial charge in [-0.05, 0) is 113 Å². The number of hydrogen-bond donors (Lipinski definition) is 1. The van der Waals surface area contributed by atoms with E-state index in [2.05, 4.69) is 187 Å². The van der Waals surface area contributed by atoms with E-state index < -0.39 is 0 Å². The second-order valence-corrected chi connectivity index (χ2v) is 12.9. The molecule has 0 saturated carbocycles. The third-order valence-corrected chi connectivity index (χ3v) is 10.2. The Morgan fingerprint density at radius 3 is 0.592 bits per heavy atom. The van der Waals surface area contributed by atoms with Gasteiger partial charge in [0.1, 0.15) is 0 Å². The Morgan fingerprint density at radius 1 is 0.184 bits per heavy atom. The number of hydrogen-bond acceptors (Lipinski definition) is 1. The molecule has 10 rings (SSSR count). The van der Waals surface area contributed by atoms with Crippen molar-refractivity contribution in [3.63, 3.8) is 0 Å². The minimum Gasteiger partial charge on any atom is -0.355 e. The summed E-state index contributed by atoms with van der Waals surface area (Å²) in [5.41, 5.74) is 22.1. The molecule has 49 heavy (non-hydrogen) atoms. The fraction of sp³-hybridized carbons (Fsp3) is 0. The molecule has 0 aliphatic heterocycles. The molecule has 0 unspecified atom stereocenters. The molecule has 0 atom stereocenters. The lowest BCUT2D eigenvalue weighted by molar-refractivity contribution is 1.49. The molecule has 8 aromatic rings. The van der Waals surface area contributed by atoms with Gasteiger partial charge in [0.25, 0.3) is 0 Å². The summed E-state index contributed by atoms with van der Waals surface area (Å²) < 4.78 is 0. The maximum Gasteiger partial charge on any atom is 0.0390 e. The van der Waals surface area contributed by atoms with Crippen LogP contribution < -0.4 is 5.32 Å². The Morgan fingerprint density at radius 2 is 0.367 bits per heavy atom. The largest absolute Gasteiger partial charge is 0.355 e. The molecule has 1 N–H and O–H groups in total. The zero-order chi connectivity index (χ0) is 32.3. The van der Waals surface area contributed by atoms with Crippen molar-refractivity contribution < 1.29 is 0 Å². The summed E-state index contributed by atoms with van der Waals surface area (Å²) >= 11 is 0. The molecule has 2 aliphatic rings. The van der Waals surface area contributed by atoms with Gasteiger partial charge in [0.15, 0.2) is 0 Å². The first kappa shape index (κ1) is 27.7. The number of anilines is 2. The molecule has 0 radical (unpaired) electrons. The molecule has 0 saturated heterocycles. The lowest BCUT2D eigenvalue weighted by atomic mass is 9.80. The van der Waals surface area contributed by atoms with Crippen molar-refractivity contribution in [3.8, 4) is 89.0 Å². The molecular weight excluding hydrogens is 591 g/mol. The van der Waals surface area contributed by atoms with Crippen LogP contribution in [-0.2, 0) is 0 Å². The van der Waals surface area contributed by atoms with Crippen LogP contribution in [0, 0.1) is 0 Å². The first-order valence-electron chi connectivity index (χ1n) is 16.9. The first-order valence-corrected chi connectivity index (χ1v) is 16.9. The van der Waals surface area contributed by atoms with Crippen molar-refractivity contribution in [1.82, 2.24) is 0 Å². The summed E-state index contributed by atoms with van der Waals surface area (Å²) in [5.74, 6) is 0. The van der Waals surface area contributed by atoms with E-state index in [1.165, 1.54) is 89.0 Å². The van der Waals surface area contributed by atoms with Gasteiger partial charge >= 0.3 is 0 Å². The van der Waals surface area contributed by atoms with Crippen LogP contribution in [0.15, 0.2) is 182 Å². The van der Waals surface area contributed by atoms with Crippen molar-refractivity contribution in [1.29, 1.82) is 0 Å². The molecule has 2 aliphatic carbocycles. The van der Waals surface area contributed by atoms with Gasteiger partial charge in [0, 0.05) is 11.4 Å². The summed E-state index contributed by atoms with van der Waals surface area (Å²) in [6.07, 6.45) is 0. The molecule has 0 heterocycles. The van der Waals surface area contributed by atoms with Crippen LogP contribution in [0.25, 0.3) is 89.0 Å². The maximum atomic E-state index is 3.82. The monoisotopic (exact) mass is 621 g/mol. The highest BCUT2D eigenvalue weighted by Gasteiger charge is 2.23. The average molecular weight is 622 g/mol. The van der Waals surface area contributed by atoms with Crippen LogP contribution in [0.3, 0.4) is 0 Å². The van der Waals surface area contributed by atoms with Crippen molar-refractivity contribution >= 4 is 11.4 Å².